The van der Waals surface area contributed by atoms with Crippen molar-refractivity contribution in [2.45, 2.75) is 50.4 Å². The Kier molecular flexibility index (Phi) is 2.12. The van der Waals surface area contributed by atoms with Crippen LogP contribution < -0.4 is 0 Å². The maximum absolute atomic E-state index is 4.15. The van der Waals surface area contributed by atoms with Crippen molar-refractivity contribution >= 4 is 0 Å². The lowest BCUT2D eigenvalue weighted by Gasteiger charge is -2.11. The summed E-state index contributed by atoms with van der Waals surface area (Å²) in [4.78, 5) is 0. The highest BCUT2D eigenvalue weighted by Gasteiger charge is 2.28. The molecule has 2 aliphatic rings. The minimum Gasteiger partial charge on any atom is -0.0584 e. The van der Waals surface area contributed by atoms with Gasteiger partial charge in [-0.3, -0.25) is 0 Å². The third-order valence-electron chi connectivity index (χ3n) is 3.67. The van der Waals surface area contributed by atoms with Crippen LogP contribution in [0.4, 0.5) is 0 Å². The Bertz CT molecular complexity index is 307. The second-order valence-corrected chi connectivity index (χ2v) is 5.38. The molecule has 0 heterocycles. The lowest BCUT2D eigenvalue weighted by atomic mass is 9.94. The zero-order valence-corrected chi connectivity index (χ0v) is 9.50. The van der Waals surface area contributed by atoms with Crippen molar-refractivity contribution in [2.75, 3.05) is 0 Å². The first-order valence-electron chi connectivity index (χ1n) is 6.22. The third kappa shape index (κ3) is 1.95. The van der Waals surface area contributed by atoms with Crippen molar-refractivity contribution in [2.24, 2.45) is 0 Å². The molecule has 0 N–H and O–H groups in total. The highest BCUT2D eigenvalue weighted by atomic mass is 14.3. The second kappa shape index (κ2) is 3.37. The maximum Gasteiger partial charge on any atom is -0.0161 e. The molecule has 1 aromatic carbocycles. The number of benzene rings is 1. The Morgan fingerprint density at radius 2 is 1.47 bits per heavy atom. The van der Waals surface area contributed by atoms with Crippen molar-refractivity contribution in [3.63, 3.8) is 0 Å². The number of hydrogen-bond donors (Lipinski definition) is 0. The van der Waals surface area contributed by atoms with Crippen LogP contribution in [0.5, 0.6) is 0 Å². The van der Waals surface area contributed by atoms with Crippen LogP contribution in [0.15, 0.2) is 18.2 Å². The molecule has 1 atom stereocenters. The second-order valence-electron chi connectivity index (χ2n) is 5.38. The highest BCUT2D eigenvalue weighted by molar-refractivity contribution is 5.39. The lowest BCUT2D eigenvalue weighted by molar-refractivity contribution is 0.940. The van der Waals surface area contributed by atoms with Gasteiger partial charge in [-0.1, -0.05) is 25.1 Å². The summed E-state index contributed by atoms with van der Waals surface area (Å²) < 4.78 is 0. The minimum absolute atomic E-state index is 0.432. The fourth-order valence-corrected chi connectivity index (χ4v) is 2.29. The average molecular weight is 199 g/mol. The molecule has 0 amide bonds. The molecule has 79 valence electrons. The highest BCUT2D eigenvalue weighted by Crippen LogP contribution is 2.45. The van der Waals surface area contributed by atoms with E-state index in [2.05, 4.69) is 32.0 Å². The fraction of sp³-hybridized carbons (Fsp3) is 0.533. The van der Waals surface area contributed by atoms with Crippen LogP contribution in [0.1, 0.15) is 67.1 Å². The molecule has 0 saturated heterocycles. The largest absolute Gasteiger partial charge is 0.0584 e. The van der Waals surface area contributed by atoms with E-state index in [0.29, 0.717) is 5.92 Å². The molecule has 0 nitrogen and oxygen atoms in total. The molecule has 0 spiro atoms. The van der Waals surface area contributed by atoms with Gasteiger partial charge in [0.05, 0.1) is 0 Å². The topological polar surface area (TPSA) is 0 Å². The number of hydrogen-bond acceptors (Lipinski definition) is 0. The average Bonchev–Trinajstić information content (AvgIpc) is 3.06. The summed E-state index contributed by atoms with van der Waals surface area (Å²) in [7, 11) is 0. The van der Waals surface area contributed by atoms with Crippen molar-refractivity contribution < 1.29 is 0 Å². The van der Waals surface area contributed by atoms with Gasteiger partial charge < -0.3 is 0 Å². The number of rotatable bonds is 3. The standard InChI is InChI=1S/C15H19/c1-10(2)13-7-14(11-3-4-11)9-15(8-13)12-5-6-12/h7-12H,1,3-6H2,2H3. The molecule has 2 saturated carbocycles. The van der Waals surface area contributed by atoms with E-state index < -0.39 is 0 Å². The van der Waals surface area contributed by atoms with Gasteiger partial charge in [0.1, 0.15) is 0 Å². The van der Waals surface area contributed by atoms with Gasteiger partial charge in [0.2, 0.25) is 0 Å². The molecule has 1 unspecified atom stereocenters. The molecule has 2 aliphatic carbocycles. The maximum atomic E-state index is 4.15. The van der Waals surface area contributed by atoms with Gasteiger partial charge in [0.25, 0.3) is 0 Å². The van der Waals surface area contributed by atoms with Crippen LogP contribution >= 0.6 is 0 Å². The van der Waals surface area contributed by atoms with Crippen LogP contribution in [0.3, 0.4) is 0 Å². The van der Waals surface area contributed by atoms with Crippen molar-refractivity contribution in [3.8, 4) is 0 Å². The Labute approximate surface area is 92.7 Å². The van der Waals surface area contributed by atoms with E-state index >= 15 is 0 Å². The van der Waals surface area contributed by atoms with E-state index in [1.807, 2.05) is 0 Å². The Morgan fingerprint density at radius 1 is 1.00 bits per heavy atom. The third-order valence-corrected chi connectivity index (χ3v) is 3.67. The summed E-state index contributed by atoms with van der Waals surface area (Å²) in [5, 5.41) is 0. The zero-order valence-electron chi connectivity index (χ0n) is 9.50. The van der Waals surface area contributed by atoms with Crippen LogP contribution in [-0.2, 0) is 0 Å². The van der Waals surface area contributed by atoms with Crippen molar-refractivity contribution in [1.82, 2.24) is 0 Å². The van der Waals surface area contributed by atoms with Gasteiger partial charge in [-0.15, -0.1) is 0 Å². The first-order chi connectivity index (χ1) is 7.24. The van der Waals surface area contributed by atoms with Gasteiger partial charge in [0.15, 0.2) is 0 Å². The van der Waals surface area contributed by atoms with E-state index in [1.165, 1.54) is 31.2 Å². The van der Waals surface area contributed by atoms with Gasteiger partial charge >= 0.3 is 0 Å². The molecule has 15 heavy (non-hydrogen) atoms. The van der Waals surface area contributed by atoms with Crippen LogP contribution in [0, 0.1) is 6.92 Å². The molecule has 0 aromatic heterocycles. The van der Waals surface area contributed by atoms with E-state index in [0.717, 1.165) is 11.8 Å². The predicted molar refractivity (Wildman–Crippen MR) is 64.2 cm³/mol. The smallest absolute Gasteiger partial charge is 0.0161 e. The summed E-state index contributed by atoms with van der Waals surface area (Å²) in [5.74, 6) is 2.18. The molecular formula is C15H19. The summed E-state index contributed by atoms with van der Waals surface area (Å²) >= 11 is 0. The summed E-state index contributed by atoms with van der Waals surface area (Å²) in [5.41, 5.74) is 4.62. The van der Waals surface area contributed by atoms with Crippen LogP contribution in [-0.4, -0.2) is 0 Å². The van der Waals surface area contributed by atoms with Crippen molar-refractivity contribution in [1.29, 1.82) is 0 Å². The molecular weight excluding hydrogens is 180 g/mol. The van der Waals surface area contributed by atoms with Gasteiger partial charge in [-0.25, -0.2) is 0 Å². The first-order valence-corrected chi connectivity index (χ1v) is 6.22. The fourth-order valence-electron chi connectivity index (χ4n) is 2.29. The Hall–Kier alpha value is -0.780. The van der Waals surface area contributed by atoms with Gasteiger partial charge in [-0.2, -0.15) is 0 Å². The van der Waals surface area contributed by atoms with Crippen LogP contribution in [0.25, 0.3) is 0 Å². The molecule has 3 rings (SSSR count). The van der Waals surface area contributed by atoms with Crippen LogP contribution in [0.2, 0.25) is 0 Å². The van der Waals surface area contributed by atoms with Crippen molar-refractivity contribution in [3.05, 3.63) is 41.8 Å². The molecule has 1 radical (unpaired) electrons. The lowest BCUT2D eigenvalue weighted by Crippen LogP contribution is -1.93. The Morgan fingerprint density at radius 3 is 1.80 bits per heavy atom. The van der Waals surface area contributed by atoms with E-state index in [1.54, 1.807) is 11.1 Å². The molecule has 0 aliphatic heterocycles. The molecule has 2 fully saturated rings. The summed E-state index contributed by atoms with van der Waals surface area (Å²) in [6.07, 6.45) is 5.61. The first kappa shape index (κ1) is 9.45. The SMILES string of the molecule is [CH2]C(C)c1cc(C2CC2)cc(C2CC2)c1. The quantitative estimate of drug-likeness (QED) is 0.677. The van der Waals surface area contributed by atoms with E-state index in [9.17, 15) is 0 Å². The summed E-state index contributed by atoms with van der Waals surface area (Å²) in [6.45, 7) is 6.35. The van der Waals surface area contributed by atoms with Gasteiger partial charge in [-0.05, 0) is 67.1 Å². The monoisotopic (exact) mass is 199 g/mol. The molecule has 1 aromatic rings. The van der Waals surface area contributed by atoms with Gasteiger partial charge in [0, 0.05) is 0 Å². The predicted octanol–water partition coefficient (Wildman–Crippen LogP) is 4.38. The molecule has 0 bridgehead atoms. The normalized spacial score (nSPS) is 21.0. The van der Waals surface area contributed by atoms with E-state index in [-0.39, 0.29) is 0 Å². The van der Waals surface area contributed by atoms with E-state index in [4.69, 9.17) is 0 Å². The minimum atomic E-state index is 0.432. The molecule has 0 heteroatoms. The Balaban J connectivity index is 1.99. The summed E-state index contributed by atoms with van der Waals surface area (Å²) in [6, 6.07) is 7.24. The zero-order chi connectivity index (χ0) is 10.4.